The highest BCUT2D eigenvalue weighted by Crippen LogP contribution is 2.13. The minimum Gasteiger partial charge on any atom is -0.349 e. The van der Waals surface area contributed by atoms with Crippen LogP contribution in [0.15, 0.2) is 29.4 Å². The number of nitrogens with zero attached hydrogens (tertiary/aromatic N) is 2. The van der Waals surface area contributed by atoms with Gasteiger partial charge in [-0.3, -0.25) is 4.79 Å². The van der Waals surface area contributed by atoms with Gasteiger partial charge >= 0.3 is 0 Å². The van der Waals surface area contributed by atoms with Crippen LogP contribution in [0, 0.1) is 4.91 Å². The van der Waals surface area contributed by atoms with Crippen molar-refractivity contribution in [1.29, 1.82) is 0 Å². The van der Waals surface area contributed by atoms with E-state index in [1.165, 1.54) is 0 Å². The lowest BCUT2D eigenvalue weighted by Gasteiger charge is -2.29. The lowest BCUT2D eigenvalue weighted by Crippen LogP contribution is -2.43. The molecule has 96 valence electrons. The summed E-state index contributed by atoms with van der Waals surface area (Å²) in [4.78, 5) is 24.5. The van der Waals surface area contributed by atoms with Crippen LogP contribution in [-0.2, 0) is 0 Å². The molecule has 1 aliphatic rings. The molecule has 18 heavy (non-hydrogen) atoms. The molecule has 0 spiro atoms. The second-order valence-corrected chi connectivity index (χ2v) is 4.69. The third-order valence-corrected chi connectivity index (χ3v) is 3.29. The molecule has 1 heterocycles. The van der Waals surface area contributed by atoms with Crippen molar-refractivity contribution in [3.05, 3.63) is 34.7 Å². The maximum atomic E-state index is 12.0. The molecule has 0 radical (unpaired) electrons. The average Bonchev–Trinajstić information content (AvgIpc) is 2.41. The zero-order chi connectivity index (χ0) is 13.0. The van der Waals surface area contributed by atoms with E-state index in [2.05, 4.69) is 22.4 Å². The molecular formula is C13H17N3O2. The Morgan fingerprint density at radius 1 is 1.28 bits per heavy atom. The molecule has 0 bridgehead atoms. The average molecular weight is 247 g/mol. The number of likely N-dealkylation sites (tertiary alicyclic amines) is 1. The van der Waals surface area contributed by atoms with Gasteiger partial charge < -0.3 is 10.2 Å². The summed E-state index contributed by atoms with van der Waals surface area (Å²) in [5.41, 5.74) is 0.909. The Morgan fingerprint density at radius 2 is 1.89 bits per heavy atom. The predicted molar refractivity (Wildman–Crippen MR) is 69.9 cm³/mol. The molecule has 0 atom stereocenters. The zero-order valence-electron chi connectivity index (χ0n) is 10.4. The predicted octanol–water partition coefficient (Wildman–Crippen LogP) is 1.91. The van der Waals surface area contributed by atoms with E-state index in [4.69, 9.17) is 0 Å². The van der Waals surface area contributed by atoms with Gasteiger partial charge in [0.05, 0.1) is 0 Å². The van der Waals surface area contributed by atoms with Crippen molar-refractivity contribution in [2.24, 2.45) is 5.18 Å². The van der Waals surface area contributed by atoms with Crippen molar-refractivity contribution >= 4 is 11.6 Å². The Hall–Kier alpha value is -1.75. The number of nitrogens with one attached hydrogen (secondary N) is 1. The maximum Gasteiger partial charge on any atom is 0.251 e. The minimum absolute atomic E-state index is 0.0815. The van der Waals surface area contributed by atoms with Gasteiger partial charge in [0.25, 0.3) is 5.91 Å². The van der Waals surface area contributed by atoms with E-state index >= 15 is 0 Å². The van der Waals surface area contributed by atoms with Crippen molar-refractivity contribution in [2.75, 3.05) is 20.1 Å². The Balaban J connectivity index is 1.92. The highest BCUT2D eigenvalue weighted by atomic mass is 16.3. The summed E-state index contributed by atoms with van der Waals surface area (Å²) in [7, 11) is 2.09. The lowest BCUT2D eigenvalue weighted by molar-refractivity contribution is 0.0917. The first-order chi connectivity index (χ1) is 8.69. The molecule has 1 amide bonds. The number of hydrogen-bond acceptors (Lipinski definition) is 4. The normalized spacial score (nSPS) is 17.4. The summed E-state index contributed by atoms with van der Waals surface area (Å²) >= 11 is 0. The van der Waals surface area contributed by atoms with Crippen molar-refractivity contribution in [3.8, 4) is 0 Å². The molecular weight excluding hydrogens is 230 g/mol. The van der Waals surface area contributed by atoms with E-state index in [0.29, 0.717) is 11.3 Å². The van der Waals surface area contributed by atoms with Gasteiger partial charge in [0.1, 0.15) is 5.69 Å². The third-order valence-electron chi connectivity index (χ3n) is 3.29. The van der Waals surface area contributed by atoms with E-state index < -0.39 is 0 Å². The second kappa shape index (κ2) is 5.73. The van der Waals surface area contributed by atoms with Crippen molar-refractivity contribution in [1.82, 2.24) is 10.2 Å². The van der Waals surface area contributed by atoms with Gasteiger partial charge in [-0.05, 0) is 62.4 Å². The molecule has 1 aliphatic heterocycles. The molecule has 0 aliphatic carbocycles. The fourth-order valence-corrected chi connectivity index (χ4v) is 2.10. The molecule has 0 aromatic heterocycles. The second-order valence-electron chi connectivity index (χ2n) is 4.69. The first-order valence-electron chi connectivity index (χ1n) is 6.12. The van der Waals surface area contributed by atoms with E-state index in [1.54, 1.807) is 24.3 Å². The first-order valence-corrected chi connectivity index (χ1v) is 6.12. The topological polar surface area (TPSA) is 61.8 Å². The monoisotopic (exact) mass is 247 g/mol. The molecule has 5 nitrogen and oxygen atoms in total. The first kappa shape index (κ1) is 12.7. The number of amides is 1. The van der Waals surface area contributed by atoms with Gasteiger partial charge in [-0.15, -0.1) is 4.91 Å². The number of hydrogen-bond donors (Lipinski definition) is 1. The summed E-state index contributed by atoms with van der Waals surface area (Å²) < 4.78 is 0. The number of nitroso groups, excluding NO2 is 1. The number of benzene rings is 1. The highest BCUT2D eigenvalue weighted by Gasteiger charge is 2.18. The molecule has 1 aromatic rings. The largest absolute Gasteiger partial charge is 0.349 e. The fourth-order valence-electron chi connectivity index (χ4n) is 2.10. The van der Waals surface area contributed by atoms with Crippen LogP contribution >= 0.6 is 0 Å². The molecule has 1 N–H and O–H groups in total. The molecule has 1 saturated heterocycles. The maximum absolute atomic E-state index is 12.0. The van der Waals surface area contributed by atoms with E-state index in [0.717, 1.165) is 25.9 Å². The molecule has 1 fully saturated rings. The zero-order valence-corrected chi connectivity index (χ0v) is 10.4. The summed E-state index contributed by atoms with van der Waals surface area (Å²) in [6.45, 7) is 2.03. The van der Waals surface area contributed by atoms with Crippen LogP contribution in [0.4, 0.5) is 5.69 Å². The quantitative estimate of drug-likeness (QED) is 0.830. The number of rotatable bonds is 3. The van der Waals surface area contributed by atoms with Crippen LogP contribution in [0.1, 0.15) is 23.2 Å². The van der Waals surface area contributed by atoms with Gasteiger partial charge in [0.15, 0.2) is 0 Å². The lowest BCUT2D eigenvalue weighted by atomic mass is 10.0. The number of carbonyl (C=O) groups excluding carboxylic acids is 1. The van der Waals surface area contributed by atoms with Crippen LogP contribution in [0.5, 0.6) is 0 Å². The number of carbonyl (C=O) groups is 1. The minimum atomic E-state index is -0.0815. The fraction of sp³-hybridized carbons (Fsp3) is 0.462. The van der Waals surface area contributed by atoms with E-state index in [-0.39, 0.29) is 11.9 Å². The van der Waals surface area contributed by atoms with Crippen molar-refractivity contribution < 1.29 is 4.79 Å². The summed E-state index contributed by atoms with van der Waals surface area (Å²) in [6, 6.07) is 6.60. The summed E-state index contributed by atoms with van der Waals surface area (Å²) in [5.74, 6) is -0.0815. The van der Waals surface area contributed by atoms with Gasteiger partial charge in [0, 0.05) is 11.6 Å². The number of piperidine rings is 1. The molecule has 1 aromatic carbocycles. The van der Waals surface area contributed by atoms with Crippen LogP contribution in [0.3, 0.4) is 0 Å². The van der Waals surface area contributed by atoms with Gasteiger partial charge in [0.2, 0.25) is 0 Å². The van der Waals surface area contributed by atoms with Crippen molar-refractivity contribution in [3.63, 3.8) is 0 Å². The Labute approximate surface area is 106 Å². The van der Waals surface area contributed by atoms with Crippen LogP contribution < -0.4 is 5.32 Å². The highest BCUT2D eigenvalue weighted by molar-refractivity contribution is 5.94. The van der Waals surface area contributed by atoms with E-state index in [1.807, 2.05) is 0 Å². The van der Waals surface area contributed by atoms with Crippen molar-refractivity contribution in [2.45, 2.75) is 18.9 Å². The van der Waals surface area contributed by atoms with Crippen LogP contribution in [0.25, 0.3) is 0 Å². The Kier molecular flexibility index (Phi) is 4.04. The van der Waals surface area contributed by atoms with Crippen LogP contribution in [0.2, 0.25) is 0 Å². The molecule has 2 rings (SSSR count). The third kappa shape index (κ3) is 3.13. The Morgan fingerprint density at radius 3 is 2.44 bits per heavy atom. The van der Waals surface area contributed by atoms with Gasteiger partial charge in [-0.25, -0.2) is 0 Å². The Bertz CT molecular complexity index is 422. The molecule has 5 heteroatoms. The summed E-state index contributed by atoms with van der Waals surface area (Å²) in [6.07, 6.45) is 1.96. The molecule has 0 unspecified atom stereocenters. The van der Waals surface area contributed by atoms with Gasteiger partial charge in [-0.1, -0.05) is 0 Å². The SMILES string of the molecule is CN1CCC(NC(=O)c2ccc(N=O)cc2)CC1. The molecule has 0 saturated carbocycles. The van der Waals surface area contributed by atoms with E-state index in [9.17, 15) is 9.70 Å². The standard InChI is InChI=1S/C13H17N3O2/c1-16-8-6-11(7-9-16)14-13(17)10-2-4-12(15-18)5-3-10/h2-5,11H,6-9H2,1H3,(H,14,17). The summed E-state index contributed by atoms with van der Waals surface area (Å²) in [5, 5.41) is 5.83. The smallest absolute Gasteiger partial charge is 0.251 e. The van der Waals surface area contributed by atoms with Crippen LogP contribution in [-0.4, -0.2) is 37.0 Å². The van der Waals surface area contributed by atoms with Gasteiger partial charge in [-0.2, -0.15) is 0 Å².